The number of aromatic nitrogens is 1. The maximum absolute atomic E-state index is 12.8. The fourth-order valence-electron chi connectivity index (χ4n) is 3.61. The summed E-state index contributed by atoms with van der Waals surface area (Å²) in [6.45, 7) is 4.12. The second kappa shape index (κ2) is 9.75. The van der Waals surface area contributed by atoms with Crippen molar-refractivity contribution in [3.8, 4) is 16.3 Å². The lowest BCUT2D eigenvalue weighted by Gasteiger charge is -2.17. The van der Waals surface area contributed by atoms with Crippen molar-refractivity contribution < 1.29 is 14.3 Å². The highest BCUT2D eigenvalue weighted by Gasteiger charge is 2.22. The number of benzene rings is 2. The molecule has 1 fully saturated rings. The summed E-state index contributed by atoms with van der Waals surface area (Å²) < 4.78 is 5.47. The monoisotopic (exact) mass is 435 g/mol. The molecular formula is C24H25N3O3S. The smallest absolute Gasteiger partial charge is 0.255 e. The molecule has 0 radical (unpaired) electrons. The third kappa shape index (κ3) is 5.11. The number of rotatable bonds is 7. The highest BCUT2D eigenvalue weighted by atomic mass is 32.1. The van der Waals surface area contributed by atoms with Crippen LogP contribution in [-0.4, -0.2) is 41.4 Å². The largest absolute Gasteiger partial charge is 0.494 e. The van der Waals surface area contributed by atoms with Crippen molar-refractivity contribution in [3.05, 3.63) is 65.2 Å². The van der Waals surface area contributed by atoms with Gasteiger partial charge in [0.25, 0.3) is 5.91 Å². The van der Waals surface area contributed by atoms with E-state index in [1.54, 1.807) is 12.1 Å². The first kappa shape index (κ1) is 21.1. The number of hydrogen-bond donors (Lipinski definition) is 1. The fraction of sp³-hybridized carbons (Fsp3) is 0.292. The number of nitrogens with one attached hydrogen (secondary N) is 1. The number of anilines is 1. The Morgan fingerprint density at radius 1 is 1.10 bits per heavy atom. The molecule has 1 aliphatic rings. The summed E-state index contributed by atoms with van der Waals surface area (Å²) in [6.07, 6.45) is 2.21. The molecule has 0 spiro atoms. The summed E-state index contributed by atoms with van der Waals surface area (Å²) >= 11 is 1.50. The van der Waals surface area contributed by atoms with Crippen LogP contribution in [0.4, 0.5) is 5.69 Å². The molecule has 160 valence electrons. The Labute approximate surface area is 185 Å². The number of carbonyl (C=O) groups excluding carboxylic acids is 2. The van der Waals surface area contributed by atoms with Crippen LogP contribution in [0, 0.1) is 0 Å². The van der Waals surface area contributed by atoms with Gasteiger partial charge < -0.3 is 15.0 Å². The molecule has 4 rings (SSSR count). The number of likely N-dealkylation sites (tertiary alicyclic amines) is 1. The van der Waals surface area contributed by atoms with E-state index < -0.39 is 0 Å². The SMILES string of the molecule is CCOc1ccc(-c2nc(CC(=O)Nc3ccccc3C(=O)N3CCCC3)cs2)cc1. The zero-order valence-electron chi connectivity index (χ0n) is 17.5. The fourth-order valence-corrected chi connectivity index (χ4v) is 4.44. The Hall–Kier alpha value is -3.19. The van der Waals surface area contributed by atoms with E-state index in [2.05, 4.69) is 10.3 Å². The van der Waals surface area contributed by atoms with Crippen molar-refractivity contribution in [1.82, 2.24) is 9.88 Å². The minimum Gasteiger partial charge on any atom is -0.494 e. The lowest BCUT2D eigenvalue weighted by molar-refractivity contribution is -0.115. The number of hydrogen-bond acceptors (Lipinski definition) is 5. The first-order chi connectivity index (χ1) is 15.1. The summed E-state index contributed by atoms with van der Waals surface area (Å²) in [5.74, 6) is 0.606. The molecule has 0 saturated carbocycles. The average molecular weight is 436 g/mol. The molecule has 2 amide bonds. The molecule has 7 heteroatoms. The van der Waals surface area contributed by atoms with E-state index in [0.717, 1.165) is 42.3 Å². The van der Waals surface area contributed by atoms with Crippen molar-refractivity contribution in [1.29, 1.82) is 0 Å². The van der Waals surface area contributed by atoms with E-state index in [9.17, 15) is 9.59 Å². The molecule has 2 heterocycles. The van der Waals surface area contributed by atoms with Crippen LogP contribution in [0.1, 0.15) is 35.8 Å². The number of thiazole rings is 1. The Morgan fingerprint density at radius 3 is 2.58 bits per heavy atom. The molecule has 0 unspecified atom stereocenters. The predicted molar refractivity (Wildman–Crippen MR) is 123 cm³/mol. The van der Waals surface area contributed by atoms with Crippen molar-refractivity contribution in [2.24, 2.45) is 0 Å². The van der Waals surface area contributed by atoms with Crippen LogP contribution in [0.3, 0.4) is 0 Å². The van der Waals surface area contributed by atoms with Crippen LogP contribution in [0.15, 0.2) is 53.9 Å². The second-order valence-electron chi connectivity index (χ2n) is 7.37. The molecule has 0 bridgehead atoms. The van der Waals surface area contributed by atoms with Crippen LogP contribution >= 0.6 is 11.3 Å². The van der Waals surface area contributed by atoms with Gasteiger partial charge in [0.05, 0.1) is 30.0 Å². The lowest BCUT2D eigenvalue weighted by atomic mass is 10.1. The Bertz CT molecular complexity index is 1060. The standard InChI is InChI=1S/C24H25N3O3S/c1-2-30-19-11-9-17(10-12-19)23-25-18(16-31-23)15-22(28)26-21-8-4-3-7-20(21)24(29)27-13-5-6-14-27/h3-4,7-12,16H,2,5-6,13-15H2,1H3,(H,26,28). The Morgan fingerprint density at radius 2 is 1.84 bits per heavy atom. The molecule has 1 aliphatic heterocycles. The number of amides is 2. The van der Waals surface area contributed by atoms with E-state index in [4.69, 9.17) is 4.74 Å². The summed E-state index contributed by atoms with van der Waals surface area (Å²) in [6, 6.07) is 15.0. The van der Waals surface area contributed by atoms with E-state index in [1.807, 2.05) is 53.6 Å². The zero-order chi connectivity index (χ0) is 21.6. The van der Waals surface area contributed by atoms with Crippen molar-refractivity contribution in [2.45, 2.75) is 26.2 Å². The van der Waals surface area contributed by atoms with E-state index in [1.165, 1.54) is 11.3 Å². The maximum atomic E-state index is 12.8. The molecule has 1 N–H and O–H groups in total. The molecule has 6 nitrogen and oxygen atoms in total. The summed E-state index contributed by atoms with van der Waals surface area (Å²) in [4.78, 5) is 31.9. The van der Waals surface area contributed by atoms with Gasteiger partial charge in [0.1, 0.15) is 10.8 Å². The molecular weight excluding hydrogens is 410 g/mol. The number of carbonyl (C=O) groups is 2. The summed E-state index contributed by atoms with van der Waals surface area (Å²) in [7, 11) is 0. The van der Waals surface area contributed by atoms with Gasteiger partial charge in [0.15, 0.2) is 0 Å². The van der Waals surface area contributed by atoms with Gasteiger partial charge in [-0.3, -0.25) is 9.59 Å². The minimum atomic E-state index is -0.190. The molecule has 31 heavy (non-hydrogen) atoms. The highest BCUT2D eigenvalue weighted by Crippen LogP contribution is 2.26. The average Bonchev–Trinajstić information content (AvgIpc) is 3.47. The van der Waals surface area contributed by atoms with Gasteiger partial charge in [0, 0.05) is 24.0 Å². The van der Waals surface area contributed by atoms with Gasteiger partial charge in [-0.05, 0) is 56.2 Å². The van der Waals surface area contributed by atoms with E-state index in [-0.39, 0.29) is 18.2 Å². The van der Waals surface area contributed by atoms with Crippen LogP contribution in [0.5, 0.6) is 5.75 Å². The maximum Gasteiger partial charge on any atom is 0.255 e. The molecule has 0 atom stereocenters. The third-order valence-electron chi connectivity index (χ3n) is 5.13. The predicted octanol–water partition coefficient (Wildman–Crippen LogP) is 4.63. The number of para-hydroxylation sites is 1. The third-order valence-corrected chi connectivity index (χ3v) is 6.07. The first-order valence-electron chi connectivity index (χ1n) is 10.5. The van der Waals surface area contributed by atoms with Crippen LogP contribution in [0.25, 0.3) is 10.6 Å². The molecule has 1 saturated heterocycles. The van der Waals surface area contributed by atoms with Crippen molar-refractivity contribution in [3.63, 3.8) is 0 Å². The summed E-state index contributed by atoms with van der Waals surface area (Å²) in [5.41, 5.74) is 2.77. The Kier molecular flexibility index (Phi) is 6.62. The molecule has 2 aromatic carbocycles. The lowest BCUT2D eigenvalue weighted by Crippen LogP contribution is -2.29. The topological polar surface area (TPSA) is 71.5 Å². The highest BCUT2D eigenvalue weighted by molar-refractivity contribution is 7.13. The quantitative estimate of drug-likeness (QED) is 0.588. The van der Waals surface area contributed by atoms with Gasteiger partial charge in [-0.2, -0.15) is 0 Å². The number of nitrogens with zero attached hydrogens (tertiary/aromatic N) is 2. The van der Waals surface area contributed by atoms with Gasteiger partial charge in [0.2, 0.25) is 5.91 Å². The van der Waals surface area contributed by atoms with Crippen molar-refractivity contribution >= 4 is 28.8 Å². The number of ether oxygens (including phenoxy) is 1. The van der Waals surface area contributed by atoms with Gasteiger partial charge >= 0.3 is 0 Å². The molecule has 0 aliphatic carbocycles. The van der Waals surface area contributed by atoms with Crippen LogP contribution < -0.4 is 10.1 Å². The van der Waals surface area contributed by atoms with Gasteiger partial charge in [-0.15, -0.1) is 11.3 Å². The molecule has 3 aromatic rings. The van der Waals surface area contributed by atoms with Gasteiger partial charge in [-0.25, -0.2) is 4.98 Å². The normalized spacial score (nSPS) is 13.3. The minimum absolute atomic E-state index is 0.0279. The molecule has 1 aromatic heterocycles. The van der Waals surface area contributed by atoms with Crippen LogP contribution in [0.2, 0.25) is 0 Å². The zero-order valence-corrected chi connectivity index (χ0v) is 18.3. The second-order valence-corrected chi connectivity index (χ2v) is 8.23. The first-order valence-corrected chi connectivity index (χ1v) is 11.4. The summed E-state index contributed by atoms with van der Waals surface area (Å²) in [5, 5.41) is 5.65. The Balaban J connectivity index is 1.41. The van der Waals surface area contributed by atoms with Crippen LogP contribution in [-0.2, 0) is 11.2 Å². The van der Waals surface area contributed by atoms with E-state index >= 15 is 0 Å². The van der Waals surface area contributed by atoms with E-state index in [0.29, 0.717) is 23.6 Å². The van der Waals surface area contributed by atoms with Gasteiger partial charge in [-0.1, -0.05) is 12.1 Å². The van der Waals surface area contributed by atoms with Crippen molar-refractivity contribution in [2.75, 3.05) is 25.0 Å².